The number of hydrogen-bond acceptors (Lipinski definition) is 3. The van der Waals surface area contributed by atoms with E-state index in [2.05, 4.69) is 16.0 Å². The number of benzene rings is 3. The number of carbonyl (C=O) groups is 3. The summed E-state index contributed by atoms with van der Waals surface area (Å²) in [5.74, 6) is -5.69. The Morgan fingerprint density at radius 1 is 0.795 bits per heavy atom. The predicted octanol–water partition coefficient (Wildman–Crippen LogP) is 8.32. The van der Waals surface area contributed by atoms with Crippen molar-refractivity contribution < 1.29 is 23.2 Å². The van der Waals surface area contributed by atoms with Gasteiger partial charge in [0.05, 0.1) is 42.9 Å². The Morgan fingerprint density at radius 2 is 1.38 bits per heavy atom. The molecular weight excluding hydrogens is 641 g/mol. The van der Waals surface area contributed by atoms with Crippen LogP contribution in [0.15, 0.2) is 42.5 Å². The van der Waals surface area contributed by atoms with Crippen LogP contribution in [0.3, 0.4) is 0 Å². The van der Waals surface area contributed by atoms with Gasteiger partial charge in [0, 0.05) is 24.6 Å². The molecule has 0 radical (unpaired) electrons. The minimum Gasteiger partial charge on any atom is -0.326 e. The molecule has 0 aromatic heterocycles. The molecule has 14 heteroatoms. The molecular formula is C25H15Cl6F2N3O3. The van der Waals surface area contributed by atoms with Gasteiger partial charge < -0.3 is 16.0 Å². The van der Waals surface area contributed by atoms with Crippen molar-refractivity contribution in [3.63, 3.8) is 0 Å². The number of rotatable bonds is 6. The third kappa shape index (κ3) is 6.21. The third-order valence-electron chi connectivity index (χ3n) is 5.80. The van der Waals surface area contributed by atoms with Gasteiger partial charge in [0.2, 0.25) is 11.8 Å². The van der Waals surface area contributed by atoms with Gasteiger partial charge >= 0.3 is 0 Å². The summed E-state index contributed by atoms with van der Waals surface area (Å²) in [7, 11) is 0. The molecule has 39 heavy (non-hydrogen) atoms. The predicted molar refractivity (Wildman–Crippen MR) is 151 cm³/mol. The van der Waals surface area contributed by atoms with Gasteiger partial charge in [0.25, 0.3) is 5.91 Å². The minimum absolute atomic E-state index is 0.0196. The van der Waals surface area contributed by atoms with Crippen molar-refractivity contribution in [1.29, 1.82) is 0 Å². The number of halogens is 8. The maximum atomic E-state index is 14.3. The molecule has 0 saturated heterocycles. The fourth-order valence-electron chi connectivity index (χ4n) is 3.94. The van der Waals surface area contributed by atoms with Crippen molar-refractivity contribution in [1.82, 2.24) is 0 Å². The molecule has 2 atom stereocenters. The first-order chi connectivity index (χ1) is 18.2. The van der Waals surface area contributed by atoms with Crippen LogP contribution in [0.5, 0.6) is 0 Å². The first kappa shape index (κ1) is 29.6. The number of amides is 3. The Kier molecular flexibility index (Phi) is 8.57. The van der Waals surface area contributed by atoms with Crippen LogP contribution in [0, 0.1) is 17.6 Å². The maximum Gasteiger partial charge on any atom is 0.257 e. The average molecular weight is 656 g/mol. The van der Waals surface area contributed by atoms with E-state index in [0.29, 0.717) is 11.6 Å². The van der Waals surface area contributed by atoms with E-state index in [9.17, 15) is 23.2 Å². The van der Waals surface area contributed by atoms with Crippen molar-refractivity contribution in [3.05, 3.63) is 85.3 Å². The van der Waals surface area contributed by atoms with Crippen molar-refractivity contribution >= 4 is 104 Å². The zero-order chi connectivity index (χ0) is 28.8. The summed E-state index contributed by atoms with van der Waals surface area (Å²) in [4.78, 5) is 37.2. The molecule has 6 nitrogen and oxygen atoms in total. The molecule has 1 fully saturated rings. The van der Waals surface area contributed by atoms with E-state index in [0.717, 1.165) is 13.0 Å². The highest BCUT2D eigenvalue weighted by Crippen LogP contribution is 2.65. The van der Waals surface area contributed by atoms with Crippen molar-refractivity contribution in [2.75, 3.05) is 16.0 Å². The van der Waals surface area contributed by atoms with E-state index >= 15 is 0 Å². The molecule has 1 unspecified atom stereocenters. The molecule has 1 aliphatic rings. The summed E-state index contributed by atoms with van der Waals surface area (Å²) < 4.78 is 26.8. The summed E-state index contributed by atoms with van der Waals surface area (Å²) in [5.41, 5.74) is -0.207. The molecule has 3 amide bonds. The third-order valence-corrected chi connectivity index (χ3v) is 8.26. The van der Waals surface area contributed by atoms with E-state index in [-0.39, 0.29) is 37.0 Å². The van der Waals surface area contributed by atoms with Gasteiger partial charge in [0.1, 0.15) is 16.0 Å². The Balaban J connectivity index is 1.53. The summed E-state index contributed by atoms with van der Waals surface area (Å²) in [6.07, 6.45) is 0. The number of anilines is 3. The van der Waals surface area contributed by atoms with Crippen LogP contribution >= 0.6 is 69.6 Å². The van der Waals surface area contributed by atoms with Crippen molar-refractivity contribution in [2.24, 2.45) is 5.92 Å². The van der Waals surface area contributed by atoms with Crippen LogP contribution in [0.1, 0.15) is 28.8 Å². The van der Waals surface area contributed by atoms with E-state index in [1.807, 2.05) is 0 Å². The smallest absolute Gasteiger partial charge is 0.257 e. The van der Waals surface area contributed by atoms with Gasteiger partial charge in [-0.3, -0.25) is 14.4 Å². The molecule has 0 heterocycles. The summed E-state index contributed by atoms with van der Waals surface area (Å²) in [6.45, 7) is 1.14. The fraction of sp³-hybridized carbons (Fsp3) is 0.160. The number of nitrogens with one attached hydrogen (secondary N) is 3. The summed E-state index contributed by atoms with van der Waals surface area (Å²) in [6, 6.07) is 8.50. The van der Waals surface area contributed by atoms with E-state index in [1.54, 1.807) is 0 Å². The van der Waals surface area contributed by atoms with Gasteiger partial charge in [-0.1, -0.05) is 46.4 Å². The molecule has 3 N–H and O–H groups in total. The van der Waals surface area contributed by atoms with E-state index < -0.39 is 51.2 Å². The SMILES string of the molecule is CC(=O)Nc1cc(NC(=O)c2cc(NC(=O)C3[C@H](c4cc(Cl)c(Cl)c(Cl)c4)C3(Cl)Cl)ccc2Cl)c(F)cc1F. The molecule has 3 aromatic rings. The molecule has 0 spiro atoms. The van der Waals surface area contributed by atoms with E-state index in [1.165, 1.54) is 30.3 Å². The van der Waals surface area contributed by atoms with Crippen LogP contribution in [0.2, 0.25) is 20.1 Å². The molecule has 1 saturated carbocycles. The van der Waals surface area contributed by atoms with Crippen LogP contribution in [0.4, 0.5) is 25.8 Å². The molecule has 1 aliphatic carbocycles. The summed E-state index contributed by atoms with van der Waals surface area (Å²) in [5, 5.41) is 7.57. The second kappa shape index (κ2) is 11.3. The molecule has 4 rings (SSSR count). The van der Waals surface area contributed by atoms with E-state index in [4.69, 9.17) is 69.6 Å². The Morgan fingerprint density at radius 3 is 1.97 bits per heavy atom. The Hall–Kier alpha value is -2.33. The number of hydrogen-bond donors (Lipinski definition) is 3. The Bertz CT molecular complexity index is 1510. The quantitative estimate of drug-likeness (QED) is 0.184. The highest BCUT2D eigenvalue weighted by molar-refractivity contribution is 6.54. The van der Waals surface area contributed by atoms with Crippen LogP contribution in [-0.4, -0.2) is 22.1 Å². The first-order valence-electron chi connectivity index (χ1n) is 10.9. The first-order valence-corrected chi connectivity index (χ1v) is 13.2. The maximum absolute atomic E-state index is 14.3. The van der Waals surface area contributed by atoms with Crippen molar-refractivity contribution in [2.45, 2.75) is 17.2 Å². The molecule has 3 aromatic carbocycles. The van der Waals surface area contributed by atoms with Gasteiger partial charge in [0.15, 0.2) is 0 Å². The molecule has 204 valence electrons. The lowest BCUT2D eigenvalue weighted by Gasteiger charge is -2.12. The standard InChI is InChI=1S/C25H15Cl6F2N3O3/c1-9(37)34-18-8-19(17(33)7-16(18)32)36-23(38)12-6-11(2-3-13(12)26)35-24(39)21-20(25(21,30)31)10-4-14(27)22(29)15(28)5-10/h2-8,20-21H,1H3,(H,34,37)(H,35,39)(H,36,38)/t20-,21?/m0/s1. The highest BCUT2D eigenvalue weighted by Gasteiger charge is 2.67. The lowest BCUT2D eigenvalue weighted by atomic mass is 10.1. The van der Waals surface area contributed by atoms with Crippen LogP contribution < -0.4 is 16.0 Å². The van der Waals surface area contributed by atoms with Crippen LogP contribution in [0.25, 0.3) is 0 Å². The zero-order valence-corrected chi connectivity index (χ0v) is 24.0. The van der Waals surface area contributed by atoms with Gasteiger partial charge in [-0.25, -0.2) is 8.78 Å². The fourth-order valence-corrected chi connectivity index (χ4v) is 5.58. The van der Waals surface area contributed by atoms with Gasteiger partial charge in [-0.2, -0.15) is 0 Å². The van der Waals surface area contributed by atoms with Gasteiger partial charge in [-0.15, -0.1) is 23.2 Å². The zero-order valence-electron chi connectivity index (χ0n) is 19.4. The topological polar surface area (TPSA) is 87.3 Å². The van der Waals surface area contributed by atoms with Gasteiger partial charge in [-0.05, 0) is 42.0 Å². The Labute approximate surface area is 250 Å². The highest BCUT2D eigenvalue weighted by atomic mass is 35.5. The second-order valence-corrected chi connectivity index (χ2v) is 11.6. The number of carbonyl (C=O) groups excluding carboxylic acids is 3. The largest absolute Gasteiger partial charge is 0.326 e. The van der Waals surface area contributed by atoms with Crippen LogP contribution in [-0.2, 0) is 9.59 Å². The lowest BCUT2D eigenvalue weighted by Crippen LogP contribution is -2.18. The monoisotopic (exact) mass is 653 g/mol. The lowest BCUT2D eigenvalue weighted by molar-refractivity contribution is -0.117. The minimum atomic E-state index is -1.47. The number of alkyl halides is 2. The molecule has 0 aliphatic heterocycles. The molecule has 0 bridgehead atoms. The normalized spacial score (nSPS) is 17.4. The van der Waals surface area contributed by atoms with Crippen molar-refractivity contribution in [3.8, 4) is 0 Å². The summed E-state index contributed by atoms with van der Waals surface area (Å²) >= 11 is 37.1. The second-order valence-electron chi connectivity index (χ2n) is 8.56. The average Bonchev–Trinajstić information content (AvgIpc) is 3.43.